The van der Waals surface area contributed by atoms with E-state index in [9.17, 15) is 4.79 Å². The first-order chi connectivity index (χ1) is 14.1. The Kier molecular flexibility index (Phi) is 7.51. The summed E-state index contributed by atoms with van der Waals surface area (Å²) in [6.45, 7) is 1.99. The van der Waals surface area contributed by atoms with Gasteiger partial charge in [-0.1, -0.05) is 41.0 Å². The smallest absolute Gasteiger partial charge is 0.338 e. The molecule has 2 aromatic rings. The molecule has 29 heavy (non-hydrogen) atoms. The van der Waals surface area contributed by atoms with Crippen LogP contribution in [0.2, 0.25) is 0 Å². The van der Waals surface area contributed by atoms with Crippen molar-refractivity contribution in [2.45, 2.75) is 36.4 Å². The van der Waals surface area contributed by atoms with Gasteiger partial charge in [-0.3, -0.25) is 4.18 Å². The molecule has 1 heterocycles. The van der Waals surface area contributed by atoms with E-state index in [1.165, 1.54) is 7.11 Å². The molecule has 0 spiro atoms. The molecule has 0 unspecified atom stereocenters. The van der Waals surface area contributed by atoms with Gasteiger partial charge in [-0.15, -0.1) is 0 Å². The lowest BCUT2D eigenvalue weighted by molar-refractivity contribution is -0.108. The van der Waals surface area contributed by atoms with Crippen LogP contribution in [0.3, 0.4) is 0 Å². The zero-order valence-electron chi connectivity index (χ0n) is 16.0. The van der Waals surface area contributed by atoms with E-state index in [1.54, 1.807) is 24.3 Å². The standard InChI is InChI=1S/C20H21N3O5S/c1-13-8-10-15(11-9-13)29-28-20-18(25-2)17(16(26-20)12-22-23-21)27-19(24)14-6-4-3-5-7-14/h3-11,16-18,20H,12H2,1-2H3/t16-,17-,18-,20+/m1/s1. The summed E-state index contributed by atoms with van der Waals surface area (Å²) in [4.78, 5) is 16.2. The minimum atomic E-state index is -0.807. The first kappa shape index (κ1) is 21.2. The number of rotatable bonds is 8. The molecule has 1 saturated heterocycles. The Morgan fingerprint density at radius 2 is 1.90 bits per heavy atom. The molecule has 0 saturated carbocycles. The fourth-order valence-electron chi connectivity index (χ4n) is 2.89. The minimum absolute atomic E-state index is 0.0157. The quantitative estimate of drug-likeness (QED) is 0.209. The zero-order chi connectivity index (χ0) is 20.6. The summed E-state index contributed by atoms with van der Waals surface area (Å²) in [5.41, 5.74) is 10.2. The zero-order valence-corrected chi connectivity index (χ0v) is 16.8. The number of carbonyl (C=O) groups is 1. The molecular formula is C20H21N3O5S. The minimum Gasteiger partial charge on any atom is -0.453 e. The number of azide groups is 1. The van der Waals surface area contributed by atoms with Crippen LogP contribution >= 0.6 is 12.0 Å². The predicted molar refractivity (Wildman–Crippen MR) is 107 cm³/mol. The number of benzene rings is 2. The van der Waals surface area contributed by atoms with E-state index < -0.39 is 30.6 Å². The van der Waals surface area contributed by atoms with Crippen molar-refractivity contribution in [2.75, 3.05) is 13.7 Å². The van der Waals surface area contributed by atoms with Crippen LogP contribution in [0.25, 0.3) is 10.4 Å². The van der Waals surface area contributed by atoms with Gasteiger partial charge in [0.05, 0.1) is 12.1 Å². The molecule has 152 valence electrons. The molecule has 0 bridgehead atoms. The third-order valence-electron chi connectivity index (χ3n) is 4.38. The number of methoxy groups -OCH3 is 1. The van der Waals surface area contributed by atoms with Crippen molar-refractivity contribution >= 4 is 18.0 Å². The lowest BCUT2D eigenvalue weighted by Crippen LogP contribution is -2.39. The maximum absolute atomic E-state index is 12.5. The van der Waals surface area contributed by atoms with Crippen LogP contribution in [0.15, 0.2) is 64.6 Å². The Balaban J connectivity index is 1.72. The number of esters is 1. The van der Waals surface area contributed by atoms with Crippen LogP contribution in [-0.2, 0) is 18.4 Å². The topological polar surface area (TPSA) is 103 Å². The summed E-state index contributed by atoms with van der Waals surface area (Å²) in [6, 6.07) is 16.4. The Labute approximate surface area is 172 Å². The molecule has 0 aliphatic carbocycles. The van der Waals surface area contributed by atoms with Gasteiger partial charge in [0, 0.05) is 29.0 Å². The van der Waals surface area contributed by atoms with Crippen LogP contribution in [-0.4, -0.2) is 44.2 Å². The summed E-state index contributed by atoms with van der Waals surface area (Å²) in [7, 11) is 1.49. The normalized spacial score (nSPS) is 23.4. The second kappa shape index (κ2) is 10.3. The second-order valence-corrected chi connectivity index (χ2v) is 7.22. The van der Waals surface area contributed by atoms with Crippen molar-refractivity contribution in [2.24, 2.45) is 5.11 Å². The van der Waals surface area contributed by atoms with Crippen molar-refractivity contribution in [1.82, 2.24) is 0 Å². The lowest BCUT2D eigenvalue weighted by Gasteiger charge is -2.22. The van der Waals surface area contributed by atoms with E-state index in [0.717, 1.165) is 22.5 Å². The molecule has 8 nitrogen and oxygen atoms in total. The Hall–Kier alpha value is -2.55. The molecule has 2 aromatic carbocycles. The number of nitrogens with zero attached hydrogens (tertiary/aromatic N) is 3. The molecular weight excluding hydrogens is 394 g/mol. The molecule has 1 aliphatic rings. The van der Waals surface area contributed by atoms with E-state index >= 15 is 0 Å². The first-order valence-corrected chi connectivity index (χ1v) is 9.71. The maximum atomic E-state index is 12.5. The second-order valence-electron chi connectivity index (χ2n) is 6.39. The number of carbonyl (C=O) groups excluding carboxylic acids is 1. The lowest BCUT2D eigenvalue weighted by atomic mass is 10.1. The van der Waals surface area contributed by atoms with Crippen molar-refractivity contribution in [3.63, 3.8) is 0 Å². The summed E-state index contributed by atoms with van der Waals surface area (Å²) >= 11 is 1.14. The van der Waals surface area contributed by atoms with Gasteiger partial charge in [-0.05, 0) is 36.7 Å². The van der Waals surface area contributed by atoms with Crippen LogP contribution in [0.5, 0.6) is 0 Å². The fraction of sp³-hybridized carbons (Fsp3) is 0.350. The van der Waals surface area contributed by atoms with Crippen molar-refractivity contribution in [1.29, 1.82) is 0 Å². The molecule has 3 rings (SSSR count). The summed E-state index contributed by atoms with van der Waals surface area (Å²) in [6.07, 6.45) is -2.97. The van der Waals surface area contributed by atoms with Crippen LogP contribution in [0.1, 0.15) is 15.9 Å². The Morgan fingerprint density at radius 3 is 2.55 bits per heavy atom. The van der Waals surface area contributed by atoms with Crippen molar-refractivity contribution < 1.29 is 23.2 Å². The van der Waals surface area contributed by atoms with E-state index in [-0.39, 0.29) is 6.54 Å². The van der Waals surface area contributed by atoms with Crippen LogP contribution in [0, 0.1) is 6.92 Å². The van der Waals surface area contributed by atoms with E-state index in [4.69, 9.17) is 23.9 Å². The number of aryl methyl sites for hydroxylation is 1. The van der Waals surface area contributed by atoms with Gasteiger partial charge in [0.2, 0.25) is 6.29 Å². The van der Waals surface area contributed by atoms with Gasteiger partial charge >= 0.3 is 5.97 Å². The molecule has 0 aromatic heterocycles. The fourth-order valence-corrected chi connectivity index (χ4v) is 3.49. The largest absolute Gasteiger partial charge is 0.453 e. The molecule has 0 N–H and O–H groups in total. The van der Waals surface area contributed by atoms with Gasteiger partial charge in [0.15, 0.2) is 6.10 Å². The van der Waals surface area contributed by atoms with Gasteiger partial charge in [-0.25, -0.2) is 4.79 Å². The maximum Gasteiger partial charge on any atom is 0.338 e. The molecule has 0 radical (unpaired) electrons. The number of hydrogen-bond donors (Lipinski definition) is 0. The molecule has 0 amide bonds. The molecule has 1 aliphatic heterocycles. The summed E-state index contributed by atoms with van der Waals surface area (Å²) < 4.78 is 22.8. The van der Waals surface area contributed by atoms with Crippen LogP contribution < -0.4 is 0 Å². The summed E-state index contributed by atoms with van der Waals surface area (Å²) in [5.74, 6) is -0.515. The monoisotopic (exact) mass is 415 g/mol. The van der Waals surface area contributed by atoms with Crippen LogP contribution in [0.4, 0.5) is 0 Å². The first-order valence-electron chi connectivity index (χ1n) is 8.97. The number of ether oxygens (including phenoxy) is 3. The van der Waals surface area contributed by atoms with Crippen molar-refractivity contribution in [3.8, 4) is 0 Å². The Morgan fingerprint density at radius 1 is 1.17 bits per heavy atom. The highest BCUT2D eigenvalue weighted by atomic mass is 32.2. The van der Waals surface area contributed by atoms with Gasteiger partial charge in [-0.2, -0.15) is 0 Å². The third-order valence-corrected chi connectivity index (χ3v) is 5.13. The van der Waals surface area contributed by atoms with E-state index in [1.807, 2.05) is 37.3 Å². The summed E-state index contributed by atoms with van der Waals surface area (Å²) in [5, 5.41) is 3.56. The highest BCUT2D eigenvalue weighted by Gasteiger charge is 2.48. The predicted octanol–water partition coefficient (Wildman–Crippen LogP) is 4.29. The van der Waals surface area contributed by atoms with Gasteiger partial charge < -0.3 is 14.2 Å². The van der Waals surface area contributed by atoms with E-state index in [0.29, 0.717) is 5.56 Å². The average Bonchev–Trinajstić information content (AvgIpc) is 3.08. The molecule has 1 fully saturated rings. The molecule has 9 heteroatoms. The highest BCUT2D eigenvalue weighted by Crippen LogP contribution is 2.32. The Bertz CT molecular complexity index is 858. The molecule has 4 atom stereocenters. The van der Waals surface area contributed by atoms with Gasteiger partial charge in [0.1, 0.15) is 12.2 Å². The third kappa shape index (κ3) is 5.50. The van der Waals surface area contributed by atoms with Crippen molar-refractivity contribution in [3.05, 3.63) is 76.2 Å². The SMILES string of the molecule is CO[C@H]1[C@H](OSc2ccc(C)cc2)O[C@H](CN=[N+]=[N-])[C@H]1OC(=O)c1ccccc1. The van der Waals surface area contributed by atoms with Gasteiger partial charge in [0.25, 0.3) is 0 Å². The number of hydrogen-bond acceptors (Lipinski definition) is 7. The van der Waals surface area contributed by atoms with E-state index in [2.05, 4.69) is 10.0 Å². The average molecular weight is 415 g/mol. The highest BCUT2D eigenvalue weighted by molar-refractivity contribution is 7.94.